The Morgan fingerprint density at radius 1 is 0.469 bits per heavy atom. The second-order valence-electron chi connectivity index (χ2n) is 14.8. The lowest BCUT2D eigenvalue weighted by atomic mass is 10.0. The van der Waals surface area contributed by atoms with Crippen LogP contribution in [-0.4, -0.2) is 60.9 Å². The molecule has 6 nitrogen and oxygen atoms in total. The maximum absolute atomic E-state index is 12.7. The van der Waals surface area contributed by atoms with Gasteiger partial charge in [-0.1, -0.05) is 156 Å². The molecule has 0 aromatic rings. The third kappa shape index (κ3) is 36.5. The first-order valence-electron chi connectivity index (χ1n) is 21.8. The van der Waals surface area contributed by atoms with Crippen LogP contribution in [-0.2, 0) is 19.1 Å². The SMILES string of the molecule is CCCCCCCCC(=O)OCCCCCCCN(CCO)CCCCCCCC(=O)OC(CCCCCCCC)CCCCCCCC. The number of carbonyl (C=O) groups is 2. The molecule has 0 fully saturated rings. The van der Waals surface area contributed by atoms with Crippen LogP contribution in [0.2, 0.25) is 0 Å². The highest BCUT2D eigenvalue weighted by atomic mass is 16.5. The summed E-state index contributed by atoms with van der Waals surface area (Å²) in [7, 11) is 0. The normalized spacial score (nSPS) is 11.6. The minimum atomic E-state index is -0.0287. The zero-order valence-electron chi connectivity index (χ0n) is 33.3. The summed E-state index contributed by atoms with van der Waals surface area (Å²) in [4.78, 5) is 26.9. The van der Waals surface area contributed by atoms with Gasteiger partial charge in [0.1, 0.15) is 6.10 Å². The summed E-state index contributed by atoms with van der Waals surface area (Å²) < 4.78 is 11.4. The molecule has 0 saturated carbocycles. The third-order valence-electron chi connectivity index (χ3n) is 9.95. The number of hydrogen-bond acceptors (Lipinski definition) is 6. The predicted octanol–water partition coefficient (Wildman–Crippen LogP) is 12.3. The molecule has 0 aromatic heterocycles. The Balaban J connectivity index is 3.95. The van der Waals surface area contributed by atoms with Crippen LogP contribution < -0.4 is 0 Å². The molecular weight excluding hydrogens is 610 g/mol. The molecule has 0 saturated heterocycles. The van der Waals surface area contributed by atoms with E-state index in [4.69, 9.17) is 9.47 Å². The molecule has 0 atom stereocenters. The number of aliphatic hydroxyl groups is 1. The van der Waals surface area contributed by atoms with E-state index in [1.165, 1.54) is 122 Å². The van der Waals surface area contributed by atoms with Crippen LogP contribution in [0.1, 0.15) is 226 Å². The fourth-order valence-corrected chi connectivity index (χ4v) is 6.70. The number of nitrogens with zero attached hydrogens (tertiary/aromatic N) is 1. The number of rotatable bonds is 40. The van der Waals surface area contributed by atoms with Crippen LogP contribution in [0.4, 0.5) is 0 Å². The van der Waals surface area contributed by atoms with Gasteiger partial charge >= 0.3 is 11.9 Å². The van der Waals surface area contributed by atoms with E-state index in [0.29, 0.717) is 19.4 Å². The maximum atomic E-state index is 12.7. The Kier molecular flexibility index (Phi) is 38.7. The Morgan fingerprint density at radius 2 is 0.857 bits per heavy atom. The lowest BCUT2D eigenvalue weighted by Gasteiger charge is -2.21. The van der Waals surface area contributed by atoms with Crippen LogP contribution in [0.5, 0.6) is 0 Å². The highest BCUT2D eigenvalue weighted by Gasteiger charge is 2.14. The van der Waals surface area contributed by atoms with E-state index in [1.54, 1.807) is 0 Å². The Bertz CT molecular complexity index is 671. The number of esters is 2. The molecular formula is C43H85NO5. The molecule has 0 rings (SSSR count). The van der Waals surface area contributed by atoms with Crippen LogP contribution in [0.15, 0.2) is 0 Å². The van der Waals surface area contributed by atoms with Gasteiger partial charge in [0.25, 0.3) is 0 Å². The summed E-state index contributed by atoms with van der Waals surface area (Å²) >= 11 is 0. The molecule has 0 aliphatic carbocycles. The molecule has 292 valence electrons. The van der Waals surface area contributed by atoms with Crippen molar-refractivity contribution < 1.29 is 24.2 Å². The van der Waals surface area contributed by atoms with Gasteiger partial charge in [0, 0.05) is 19.4 Å². The molecule has 0 amide bonds. The van der Waals surface area contributed by atoms with Crippen molar-refractivity contribution in [2.24, 2.45) is 0 Å². The number of aliphatic hydroxyl groups excluding tert-OH is 1. The van der Waals surface area contributed by atoms with Gasteiger partial charge in [-0.3, -0.25) is 9.59 Å². The molecule has 0 aromatic carbocycles. The predicted molar refractivity (Wildman–Crippen MR) is 209 cm³/mol. The number of unbranched alkanes of at least 4 members (excludes halogenated alkanes) is 23. The summed E-state index contributed by atoms with van der Waals surface area (Å²) in [5, 5.41) is 9.53. The van der Waals surface area contributed by atoms with Gasteiger partial charge in [-0.2, -0.15) is 0 Å². The van der Waals surface area contributed by atoms with Gasteiger partial charge < -0.3 is 19.5 Å². The zero-order valence-corrected chi connectivity index (χ0v) is 33.3. The van der Waals surface area contributed by atoms with Crippen LogP contribution in [0, 0.1) is 0 Å². The van der Waals surface area contributed by atoms with E-state index in [1.807, 2.05) is 0 Å². The van der Waals surface area contributed by atoms with Gasteiger partial charge in [0.15, 0.2) is 0 Å². The van der Waals surface area contributed by atoms with E-state index < -0.39 is 0 Å². The van der Waals surface area contributed by atoms with Crippen molar-refractivity contribution in [3.05, 3.63) is 0 Å². The van der Waals surface area contributed by atoms with Crippen molar-refractivity contribution >= 4 is 11.9 Å². The molecule has 1 N–H and O–H groups in total. The highest BCUT2D eigenvalue weighted by Crippen LogP contribution is 2.18. The van der Waals surface area contributed by atoms with E-state index in [2.05, 4.69) is 25.7 Å². The summed E-state index contributed by atoms with van der Waals surface area (Å²) in [5.74, 6) is -0.0143. The van der Waals surface area contributed by atoms with Gasteiger partial charge in [-0.25, -0.2) is 0 Å². The summed E-state index contributed by atoms with van der Waals surface area (Å²) in [6.07, 6.45) is 36.9. The van der Waals surface area contributed by atoms with Crippen molar-refractivity contribution in [2.45, 2.75) is 232 Å². The average molecular weight is 696 g/mol. The molecule has 0 aliphatic rings. The lowest BCUT2D eigenvalue weighted by Crippen LogP contribution is -2.29. The van der Waals surface area contributed by atoms with Crippen molar-refractivity contribution in [1.82, 2.24) is 4.90 Å². The molecule has 49 heavy (non-hydrogen) atoms. The monoisotopic (exact) mass is 696 g/mol. The van der Waals surface area contributed by atoms with E-state index in [9.17, 15) is 14.7 Å². The second kappa shape index (κ2) is 39.6. The quantitative estimate of drug-likeness (QED) is 0.0508. The first-order valence-corrected chi connectivity index (χ1v) is 21.8. The summed E-state index contributed by atoms with van der Waals surface area (Å²) in [6, 6.07) is 0. The third-order valence-corrected chi connectivity index (χ3v) is 9.95. The van der Waals surface area contributed by atoms with Gasteiger partial charge in [0.05, 0.1) is 13.2 Å². The number of ether oxygens (including phenoxy) is 2. The minimum Gasteiger partial charge on any atom is -0.466 e. The van der Waals surface area contributed by atoms with Gasteiger partial charge in [-0.05, 0) is 70.9 Å². The van der Waals surface area contributed by atoms with Gasteiger partial charge in [0.2, 0.25) is 0 Å². The fourth-order valence-electron chi connectivity index (χ4n) is 6.70. The summed E-state index contributed by atoms with van der Waals surface area (Å²) in [6.45, 7) is 10.3. The Morgan fingerprint density at radius 3 is 1.33 bits per heavy atom. The first-order chi connectivity index (χ1) is 24.1. The van der Waals surface area contributed by atoms with Crippen molar-refractivity contribution in [3.8, 4) is 0 Å². The van der Waals surface area contributed by atoms with Crippen LogP contribution >= 0.6 is 0 Å². The van der Waals surface area contributed by atoms with Crippen molar-refractivity contribution in [3.63, 3.8) is 0 Å². The summed E-state index contributed by atoms with van der Waals surface area (Å²) in [5.41, 5.74) is 0. The zero-order chi connectivity index (χ0) is 35.9. The Labute approximate surface area is 305 Å². The highest BCUT2D eigenvalue weighted by molar-refractivity contribution is 5.69. The van der Waals surface area contributed by atoms with Crippen LogP contribution in [0.3, 0.4) is 0 Å². The molecule has 0 unspecified atom stereocenters. The molecule has 6 heteroatoms. The molecule has 0 spiro atoms. The standard InChI is InChI=1S/C43H85NO5/c1-4-7-10-13-18-25-32-41(33-26-19-14-11-8-5-2)49-43(47)35-28-21-16-22-29-36-44(38-39-45)37-30-23-17-24-31-40-48-42(46)34-27-20-15-12-9-6-3/h41,45H,4-40H2,1-3H3. The second-order valence-corrected chi connectivity index (χ2v) is 14.8. The first kappa shape index (κ1) is 47.9. The van der Waals surface area contributed by atoms with E-state index in [0.717, 1.165) is 90.3 Å². The molecule has 0 radical (unpaired) electrons. The number of carbonyl (C=O) groups excluding carboxylic acids is 2. The van der Waals surface area contributed by atoms with Crippen molar-refractivity contribution in [1.29, 1.82) is 0 Å². The molecule has 0 heterocycles. The Hall–Kier alpha value is -1.14. The molecule has 0 bridgehead atoms. The molecule has 0 aliphatic heterocycles. The minimum absolute atomic E-state index is 0.0144. The van der Waals surface area contributed by atoms with Crippen molar-refractivity contribution in [2.75, 3.05) is 32.8 Å². The van der Waals surface area contributed by atoms with E-state index in [-0.39, 0.29) is 24.6 Å². The topological polar surface area (TPSA) is 76.1 Å². The van der Waals surface area contributed by atoms with E-state index >= 15 is 0 Å². The number of hydrogen-bond donors (Lipinski definition) is 1. The largest absolute Gasteiger partial charge is 0.466 e. The van der Waals surface area contributed by atoms with Crippen LogP contribution in [0.25, 0.3) is 0 Å². The average Bonchev–Trinajstić information content (AvgIpc) is 3.09. The fraction of sp³-hybridized carbons (Fsp3) is 0.953. The smallest absolute Gasteiger partial charge is 0.306 e. The lowest BCUT2D eigenvalue weighted by molar-refractivity contribution is -0.150. The maximum Gasteiger partial charge on any atom is 0.306 e. The van der Waals surface area contributed by atoms with Gasteiger partial charge in [-0.15, -0.1) is 0 Å².